The SMILES string of the molecule is COc1ccc(CCNC(=O)C2CNCCO2)c(OC)c1OC.Cl. The Labute approximate surface area is 148 Å². The van der Waals surface area contributed by atoms with Gasteiger partial charge in [0.25, 0.3) is 0 Å². The minimum Gasteiger partial charge on any atom is -0.493 e. The summed E-state index contributed by atoms with van der Waals surface area (Å²) in [6.07, 6.45) is 0.200. The van der Waals surface area contributed by atoms with Gasteiger partial charge in [-0.1, -0.05) is 6.07 Å². The number of benzene rings is 1. The molecule has 1 aliphatic rings. The predicted molar refractivity (Wildman–Crippen MR) is 92.7 cm³/mol. The summed E-state index contributed by atoms with van der Waals surface area (Å²) in [5.74, 6) is 1.69. The fourth-order valence-electron chi connectivity index (χ4n) is 2.53. The normalized spacial score (nSPS) is 16.7. The third kappa shape index (κ3) is 4.90. The Balaban J connectivity index is 0.00000288. The molecule has 1 aromatic carbocycles. The van der Waals surface area contributed by atoms with Gasteiger partial charge in [0.05, 0.1) is 27.9 Å². The number of morpholine rings is 1. The van der Waals surface area contributed by atoms with Gasteiger partial charge in [0.15, 0.2) is 11.5 Å². The van der Waals surface area contributed by atoms with Crippen LogP contribution in [0.5, 0.6) is 17.2 Å². The highest BCUT2D eigenvalue weighted by Crippen LogP contribution is 2.39. The van der Waals surface area contributed by atoms with Crippen LogP contribution in [0.4, 0.5) is 0 Å². The van der Waals surface area contributed by atoms with Crippen LogP contribution >= 0.6 is 12.4 Å². The van der Waals surface area contributed by atoms with Gasteiger partial charge in [0.2, 0.25) is 11.7 Å². The Bertz CT molecular complexity index is 535. The van der Waals surface area contributed by atoms with E-state index in [1.54, 1.807) is 21.3 Å². The summed E-state index contributed by atoms with van der Waals surface area (Å²) in [5, 5.41) is 6.02. The zero-order chi connectivity index (χ0) is 16.7. The van der Waals surface area contributed by atoms with E-state index in [-0.39, 0.29) is 18.3 Å². The summed E-state index contributed by atoms with van der Waals surface area (Å²) in [6, 6.07) is 3.73. The second-order valence-electron chi connectivity index (χ2n) is 5.10. The molecule has 1 heterocycles. The van der Waals surface area contributed by atoms with Crippen LogP contribution in [0.1, 0.15) is 5.56 Å². The second kappa shape index (κ2) is 10.2. The van der Waals surface area contributed by atoms with E-state index in [4.69, 9.17) is 18.9 Å². The van der Waals surface area contributed by atoms with Crippen molar-refractivity contribution in [2.45, 2.75) is 12.5 Å². The molecular weight excluding hydrogens is 336 g/mol. The molecule has 0 aromatic heterocycles. The molecule has 8 heteroatoms. The molecule has 1 amide bonds. The molecule has 0 radical (unpaired) electrons. The van der Waals surface area contributed by atoms with Crippen LogP contribution in [0.2, 0.25) is 0 Å². The number of carbonyl (C=O) groups is 1. The summed E-state index contributed by atoms with van der Waals surface area (Å²) < 4.78 is 21.5. The van der Waals surface area contributed by atoms with Gasteiger partial charge in [-0.15, -0.1) is 12.4 Å². The number of methoxy groups -OCH3 is 3. The molecule has 0 aliphatic carbocycles. The van der Waals surface area contributed by atoms with E-state index in [9.17, 15) is 4.79 Å². The highest BCUT2D eigenvalue weighted by molar-refractivity contribution is 5.85. The smallest absolute Gasteiger partial charge is 0.250 e. The first-order valence-corrected chi connectivity index (χ1v) is 7.59. The van der Waals surface area contributed by atoms with E-state index in [2.05, 4.69) is 10.6 Å². The maximum atomic E-state index is 12.0. The van der Waals surface area contributed by atoms with Crippen molar-refractivity contribution in [2.75, 3.05) is 47.6 Å². The zero-order valence-electron chi connectivity index (χ0n) is 14.2. The molecule has 1 fully saturated rings. The van der Waals surface area contributed by atoms with E-state index in [1.165, 1.54) is 0 Å². The number of carbonyl (C=O) groups excluding carboxylic acids is 1. The molecule has 0 bridgehead atoms. The largest absolute Gasteiger partial charge is 0.493 e. The van der Waals surface area contributed by atoms with Crippen molar-refractivity contribution < 1.29 is 23.7 Å². The number of rotatable bonds is 7. The summed E-state index contributed by atoms with van der Waals surface area (Å²) >= 11 is 0. The summed E-state index contributed by atoms with van der Waals surface area (Å²) in [7, 11) is 4.73. The van der Waals surface area contributed by atoms with Gasteiger partial charge in [0.1, 0.15) is 6.10 Å². The maximum Gasteiger partial charge on any atom is 0.250 e. The fourth-order valence-corrected chi connectivity index (χ4v) is 2.53. The second-order valence-corrected chi connectivity index (χ2v) is 5.10. The average molecular weight is 361 g/mol. The third-order valence-electron chi connectivity index (χ3n) is 3.70. The van der Waals surface area contributed by atoms with Crippen LogP contribution in [0, 0.1) is 0 Å². The monoisotopic (exact) mass is 360 g/mol. The van der Waals surface area contributed by atoms with Crippen molar-refractivity contribution in [1.82, 2.24) is 10.6 Å². The van der Waals surface area contributed by atoms with Crippen molar-refractivity contribution in [2.24, 2.45) is 0 Å². The van der Waals surface area contributed by atoms with Gasteiger partial charge in [0, 0.05) is 25.2 Å². The first kappa shape index (κ1) is 20.3. The van der Waals surface area contributed by atoms with Crippen molar-refractivity contribution in [3.63, 3.8) is 0 Å². The Morgan fingerprint density at radius 3 is 2.58 bits per heavy atom. The number of amides is 1. The maximum absolute atomic E-state index is 12.0. The molecule has 1 atom stereocenters. The van der Waals surface area contributed by atoms with Gasteiger partial charge >= 0.3 is 0 Å². The van der Waals surface area contributed by atoms with E-state index < -0.39 is 6.10 Å². The molecule has 1 unspecified atom stereocenters. The number of ether oxygens (including phenoxy) is 4. The third-order valence-corrected chi connectivity index (χ3v) is 3.70. The lowest BCUT2D eigenvalue weighted by Gasteiger charge is -2.22. The molecule has 2 N–H and O–H groups in total. The van der Waals surface area contributed by atoms with E-state index in [1.807, 2.05) is 12.1 Å². The van der Waals surface area contributed by atoms with Crippen LogP contribution in [-0.4, -0.2) is 59.6 Å². The number of halogens is 1. The van der Waals surface area contributed by atoms with Crippen LogP contribution in [-0.2, 0) is 16.0 Å². The molecule has 24 heavy (non-hydrogen) atoms. The number of hydrogen-bond acceptors (Lipinski definition) is 6. The lowest BCUT2D eigenvalue weighted by molar-refractivity contribution is -0.134. The van der Waals surface area contributed by atoms with E-state index in [0.29, 0.717) is 43.4 Å². The lowest BCUT2D eigenvalue weighted by Crippen LogP contribution is -2.48. The van der Waals surface area contributed by atoms with Crippen molar-refractivity contribution in [3.8, 4) is 17.2 Å². The highest BCUT2D eigenvalue weighted by atomic mass is 35.5. The van der Waals surface area contributed by atoms with Gasteiger partial charge in [-0.2, -0.15) is 0 Å². The van der Waals surface area contributed by atoms with Crippen LogP contribution in [0.15, 0.2) is 12.1 Å². The van der Waals surface area contributed by atoms with Gasteiger partial charge in [-0.3, -0.25) is 4.79 Å². The molecule has 136 valence electrons. The van der Waals surface area contributed by atoms with Crippen molar-refractivity contribution in [1.29, 1.82) is 0 Å². The minimum atomic E-state index is -0.420. The van der Waals surface area contributed by atoms with Gasteiger partial charge < -0.3 is 29.6 Å². The quantitative estimate of drug-likeness (QED) is 0.748. The summed E-state index contributed by atoms with van der Waals surface area (Å²) in [5.41, 5.74) is 0.938. The van der Waals surface area contributed by atoms with Crippen molar-refractivity contribution in [3.05, 3.63) is 17.7 Å². The molecule has 0 saturated carbocycles. The topological polar surface area (TPSA) is 78.1 Å². The standard InChI is InChI=1S/C16H24N2O5.ClH/c1-20-12-5-4-11(14(21-2)15(12)22-3)6-7-18-16(19)13-10-17-8-9-23-13;/h4-5,13,17H,6-10H2,1-3H3,(H,18,19);1H. The first-order valence-electron chi connectivity index (χ1n) is 7.59. The van der Waals surface area contributed by atoms with E-state index in [0.717, 1.165) is 12.1 Å². The molecule has 1 saturated heterocycles. The minimum absolute atomic E-state index is 0. The Morgan fingerprint density at radius 2 is 2.00 bits per heavy atom. The molecule has 0 spiro atoms. The summed E-state index contributed by atoms with van der Waals surface area (Å²) in [6.45, 7) is 2.38. The first-order chi connectivity index (χ1) is 11.2. The Morgan fingerprint density at radius 1 is 1.25 bits per heavy atom. The van der Waals surface area contributed by atoms with Gasteiger partial charge in [-0.05, 0) is 12.5 Å². The van der Waals surface area contributed by atoms with Crippen LogP contribution in [0.3, 0.4) is 0 Å². The molecule has 7 nitrogen and oxygen atoms in total. The number of hydrogen-bond donors (Lipinski definition) is 2. The van der Waals surface area contributed by atoms with E-state index >= 15 is 0 Å². The Kier molecular flexibility index (Phi) is 8.67. The molecule has 1 aromatic rings. The lowest BCUT2D eigenvalue weighted by atomic mass is 10.1. The molecular formula is C16H25ClN2O5. The van der Waals surface area contributed by atoms with Crippen LogP contribution < -0.4 is 24.8 Å². The fraction of sp³-hybridized carbons (Fsp3) is 0.562. The van der Waals surface area contributed by atoms with Crippen LogP contribution in [0.25, 0.3) is 0 Å². The predicted octanol–water partition coefficient (Wildman–Crippen LogP) is 0.781. The summed E-state index contributed by atoms with van der Waals surface area (Å²) in [4.78, 5) is 12.0. The average Bonchev–Trinajstić information content (AvgIpc) is 2.61. The zero-order valence-corrected chi connectivity index (χ0v) is 15.0. The number of nitrogens with one attached hydrogen (secondary N) is 2. The molecule has 1 aliphatic heterocycles. The Hall–Kier alpha value is -1.70. The molecule has 2 rings (SSSR count). The van der Waals surface area contributed by atoms with Gasteiger partial charge in [-0.25, -0.2) is 0 Å². The van der Waals surface area contributed by atoms with Crippen molar-refractivity contribution >= 4 is 18.3 Å². The highest BCUT2D eigenvalue weighted by Gasteiger charge is 2.21.